The molecule has 0 aliphatic rings. The van der Waals surface area contributed by atoms with Gasteiger partial charge in [0, 0.05) is 11.1 Å². The highest BCUT2D eigenvalue weighted by molar-refractivity contribution is 6.68. The van der Waals surface area contributed by atoms with E-state index in [0.29, 0.717) is 0 Å². The summed E-state index contributed by atoms with van der Waals surface area (Å²) in [5, 5.41) is -1.33. The van der Waals surface area contributed by atoms with Gasteiger partial charge >= 0.3 is 0 Å². The molecule has 0 aliphatic carbocycles. The summed E-state index contributed by atoms with van der Waals surface area (Å²) in [6.45, 7) is 6.61. The molecule has 0 spiro atoms. The van der Waals surface area contributed by atoms with Crippen LogP contribution in [0.4, 0.5) is 0 Å². The van der Waals surface area contributed by atoms with Gasteiger partial charge in [0.2, 0.25) is 10.5 Å². The van der Waals surface area contributed by atoms with Crippen molar-refractivity contribution in [3.8, 4) is 0 Å². The molecular weight excluding hydrogens is 215 g/mol. The first kappa shape index (κ1) is 12.4. The van der Waals surface area contributed by atoms with Crippen LogP contribution in [0.2, 0.25) is 0 Å². The molecule has 0 heterocycles. The van der Waals surface area contributed by atoms with Crippen LogP contribution in [-0.4, -0.2) is 23.7 Å². The maximum absolute atomic E-state index is 10.4. The standard InChI is InChI=1S/C8H8Cl2O3/c1-5(7(9)11)3-13-4-6(2)8(10)12/h1-4H2. The van der Waals surface area contributed by atoms with Gasteiger partial charge in [0.1, 0.15) is 0 Å². The second-order valence-corrected chi connectivity index (χ2v) is 2.93. The van der Waals surface area contributed by atoms with E-state index in [1.807, 2.05) is 0 Å². The van der Waals surface area contributed by atoms with E-state index >= 15 is 0 Å². The summed E-state index contributed by atoms with van der Waals surface area (Å²) in [6.07, 6.45) is 0. The Kier molecular flexibility index (Phi) is 5.62. The molecule has 0 amide bonds. The molecule has 0 rings (SSSR count). The van der Waals surface area contributed by atoms with Crippen molar-refractivity contribution < 1.29 is 14.3 Å². The molecule has 3 nitrogen and oxygen atoms in total. The minimum Gasteiger partial charge on any atom is -0.372 e. The molecule has 0 N–H and O–H groups in total. The van der Waals surface area contributed by atoms with Gasteiger partial charge < -0.3 is 4.74 Å². The maximum Gasteiger partial charge on any atom is 0.250 e. The predicted octanol–water partition coefficient (Wildman–Crippen LogP) is 1.65. The van der Waals surface area contributed by atoms with Gasteiger partial charge in [0.05, 0.1) is 13.2 Å². The molecule has 0 unspecified atom stereocenters. The van der Waals surface area contributed by atoms with Gasteiger partial charge in [-0.05, 0) is 23.2 Å². The number of ether oxygens (including phenoxy) is 1. The lowest BCUT2D eigenvalue weighted by atomic mass is 10.3. The lowest BCUT2D eigenvalue weighted by Gasteiger charge is -2.02. The predicted molar refractivity (Wildman–Crippen MR) is 50.8 cm³/mol. The number of hydrogen-bond donors (Lipinski definition) is 0. The van der Waals surface area contributed by atoms with E-state index in [1.54, 1.807) is 0 Å². The molecule has 0 atom stereocenters. The van der Waals surface area contributed by atoms with E-state index in [0.717, 1.165) is 0 Å². The van der Waals surface area contributed by atoms with Gasteiger partial charge in [-0.3, -0.25) is 9.59 Å². The molecule has 5 heteroatoms. The fraction of sp³-hybridized carbons (Fsp3) is 0.250. The van der Waals surface area contributed by atoms with Crippen LogP contribution >= 0.6 is 23.2 Å². The summed E-state index contributed by atoms with van der Waals surface area (Å²) in [5.74, 6) is 0. The van der Waals surface area contributed by atoms with Gasteiger partial charge in [-0.1, -0.05) is 13.2 Å². The van der Waals surface area contributed by atoms with Crippen molar-refractivity contribution in [3.05, 3.63) is 24.3 Å². The van der Waals surface area contributed by atoms with E-state index in [4.69, 9.17) is 27.9 Å². The molecule has 0 aromatic carbocycles. The van der Waals surface area contributed by atoms with Crippen LogP contribution < -0.4 is 0 Å². The monoisotopic (exact) mass is 222 g/mol. The molecule has 0 saturated heterocycles. The van der Waals surface area contributed by atoms with Crippen molar-refractivity contribution >= 4 is 33.7 Å². The molecule has 0 fully saturated rings. The Morgan fingerprint density at radius 3 is 1.54 bits per heavy atom. The van der Waals surface area contributed by atoms with Crippen LogP contribution in [0.15, 0.2) is 24.3 Å². The summed E-state index contributed by atoms with van der Waals surface area (Å²) in [5.41, 5.74) is 0.243. The van der Waals surface area contributed by atoms with Gasteiger partial charge in [0.15, 0.2) is 0 Å². The highest BCUT2D eigenvalue weighted by atomic mass is 35.5. The Morgan fingerprint density at radius 1 is 1.00 bits per heavy atom. The molecule has 0 radical (unpaired) electrons. The fourth-order valence-corrected chi connectivity index (χ4v) is 0.520. The van der Waals surface area contributed by atoms with Crippen molar-refractivity contribution in [3.63, 3.8) is 0 Å². The van der Waals surface area contributed by atoms with Crippen LogP contribution in [0.1, 0.15) is 0 Å². The smallest absolute Gasteiger partial charge is 0.250 e. The van der Waals surface area contributed by atoms with Crippen molar-refractivity contribution in [1.29, 1.82) is 0 Å². The van der Waals surface area contributed by atoms with E-state index in [9.17, 15) is 9.59 Å². The van der Waals surface area contributed by atoms with E-state index < -0.39 is 10.5 Å². The second kappa shape index (κ2) is 5.91. The second-order valence-electron chi connectivity index (χ2n) is 2.25. The Labute approximate surface area is 86.0 Å². The average Bonchev–Trinajstić information content (AvgIpc) is 2.03. The molecule has 13 heavy (non-hydrogen) atoms. The molecule has 0 aliphatic heterocycles. The molecule has 0 saturated carbocycles. The summed E-state index contributed by atoms with van der Waals surface area (Å²) in [4.78, 5) is 20.8. The van der Waals surface area contributed by atoms with Crippen LogP contribution in [0.3, 0.4) is 0 Å². The van der Waals surface area contributed by atoms with E-state index in [1.165, 1.54) is 0 Å². The lowest BCUT2D eigenvalue weighted by Crippen LogP contribution is -2.07. The highest BCUT2D eigenvalue weighted by Gasteiger charge is 2.05. The molecular formula is C8H8Cl2O3. The molecule has 0 aromatic heterocycles. The first-order chi connectivity index (χ1) is 5.95. The normalized spacial score (nSPS) is 9.38. The Morgan fingerprint density at radius 2 is 1.31 bits per heavy atom. The quantitative estimate of drug-likeness (QED) is 0.507. The van der Waals surface area contributed by atoms with Gasteiger partial charge in [-0.25, -0.2) is 0 Å². The lowest BCUT2D eigenvalue weighted by molar-refractivity contribution is -0.109. The van der Waals surface area contributed by atoms with E-state index in [-0.39, 0.29) is 24.4 Å². The van der Waals surface area contributed by atoms with Crippen LogP contribution in [0, 0.1) is 0 Å². The van der Waals surface area contributed by atoms with E-state index in [2.05, 4.69) is 13.2 Å². The molecule has 72 valence electrons. The van der Waals surface area contributed by atoms with Gasteiger partial charge in [-0.15, -0.1) is 0 Å². The first-order valence-corrected chi connectivity index (χ1v) is 4.03. The van der Waals surface area contributed by atoms with Gasteiger partial charge in [-0.2, -0.15) is 0 Å². The maximum atomic E-state index is 10.4. The van der Waals surface area contributed by atoms with Crippen molar-refractivity contribution in [1.82, 2.24) is 0 Å². The number of rotatable bonds is 6. The third kappa shape index (κ3) is 5.58. The van der Waals surface area contributed by atoms with Crippen molar-refractivity contribution in [2.24, 2.45) is 0 Å². The first-order valence-electron chi connectivity index (χ1n) is 3.28. The number of hydrogen-bond acceptors (Lipinski definition) is 3. The fourth-order valence-electron chi connectivity index (χ4n) is 0.411. The summed E-state index contributed by atoms with van der Waals surface area (Å²) < 4.78 is 4.87. The van der Waals surface area contributed by atoms with Crippen LogP contribution in [-0.2, 0) is 14.3 Å². The minimum atomic E-state index is -0.664. The summed E-state index contributed by atoms with van der Waals surface area (Å²) >= 11 is 10.1. The SMILES string of the molecule is C=C(COCC(=C)C(=O)Cl)C(=O)Cl. The zero-order chi connectivity index (χ0) is 10.4. The number of carbonyl (C=O) groups is 2. The number of halogens is 2. The Hall–Kier alpha value is -0.640. The largest absolute Gasteiger partial charge is 0.372 e. The molecule has 0 bridgehead atoms. The van der Waals surface area contributed by atoms with Crippen molar-refractivity contribution in [2.45, 2.75) is 0 Å². The molecule has 0 aromatic rings. The summed E-state index contributed by atoms with van der Waals surface area (Å²) in [7, 11) is 0. The van der Waals surface area contributed by atoms with Crippen LogP contribution in [0.5, 0.6) is 0 Å². The van der Waals surface area contributed by atoms with Gasteiger partial charge in [0.25, 0.3) is 0 Å². The third-order valence-electron chi connectivity index (χ3n) is 1.11. The Balaban J connectivity index is 3.69. The zero-order valence-corrected chi connectivity index (χ0v) is 8.32. The highest BCUT2D eigenvalue weighted by Crippen LogP contribution is 2.01. The summed E-state index contributed by atoms with van der Waals surface area (Å²) in [6, 6.07) is 0. The zero-order valence-electron chi connectivity index (χ0n) is 6.81. The van der Waals surface area contributed by atoms with Crippen molar-refractivity contribution in [2.75, 3.05) is 13.2 Å². The average molecular weight is 223 g/mol. The Bertz CT molecular complexity index is 232. The minimum absolute atomic E-state index is 0.0362. The number of carbonyl (C=O) groups excluding carboxylic acids is 2. The van der Waals surface area contributed by atoms with Crippen LogP contribution in [0.25, 0.3) is 0 Å². The topological polar surface area (TPSA) is 43.4 Å². The third-order valence-corrected chi connectivity index (χ3v) is 1.64.